The van der Waals surface area contributed by atoms with Gasteiger partial charge in [-0.15, -0.1) is 0 Å². The number of rotatable bonds is 9. The molecule has 1 aromatic heterocycles. The van der Waals surface area contributed by atoms with Gasteiger partial charge in [0.15, 0.2) is 0 Å². The zero-order valence-corrected chi connectivity index (χ0v) is 18.1. The van der Waals surface area contributed by atoms with E-state index >= 15 is 0 Å². The maximum atomic E-state index is 12.9. The molecule has 1 unspecified atom stereocenters. The molecule has 154 valence electrons. The molecule has 6 nitrogen and oxygen atoms in total. The van der Waals surface area contributed by atoms with Crippen molar-refractivity contribution in [1.82, 2.24) is 25.7 Å². The highest BCUT2D eigenvalue weighted by atomic mass is 16.1. The van der Waals surface area contributed by atoms with Gasteiger partial charge in [-0.25, -0.2) is 0 Å². The lowest BCUT2D eigenvalue weighted by Crippen LogP contribution is -2.43. The first-order valence-electron chi connectivity index (χ1n) is 10.4. The van der Waals surface area contributed by atoms with Crippen LogP contribution in [-0.2, 0) is 11.3 Å². The van der Waals surface area contributed by atoms with Gasteiger partial charge < -0.3 is 15.5 Å². The van der Waals surface area contributed by atoms with Gasteiger partial charge in [-0.3, -0.25) is 9.89 Å². The van der Waals surface area contributed by atoms with Gasteiger partial charge in [0.2, 0.25) is 5.91 Å². The van der Waals surface area contributed by atoms with Crippen molar-refractivity contribution in [3.8, 4) is 0 Å². The van der Waals surface area contributed by atoms with Gasteiger partial charge in [0.1, 0.15) is 0 Å². The normalized spacial score (nSPS) is 22.4. The largest absolute Gasteiger partial charge is 0.356 e. The smallest absolute Gasteiger partial charge is 0.223 e. The number of hydrogen-bond donors (Lipinski definition) is 3. The fraction of sp³-hybridized carbons (Fsp3) is 0.810. The molecule has 1 amide bonds. The number of nitrogens with one attached hydrogen (secondary N) is 3. The molecule has 27 heavy (non-hydrogen) atoms. The van der Waals surface area contributed by atoms with Crippen molar-refractivity contribution in [3.05, 3.63) is 17.5 Å². The van der Waals surface area contributed by atoms with E-state index in [0.717, 1.165) is 45.4 Å². The Hall–Kier alpha value is -1.40. The number of likely N-dealkylation sites (N-methyl/N-ethyl adjacent to an activating group) is 2. The van der Waals surface area contributed by atoms with E-state index < -0.39 is 0 Å². The molecular formula is C21H39N5O. The standard InChI is InChI=1S/C21H39N5O/c1-15(2)12-23-20(27)18-11-16(7-8-21(18,3)4)19-17(13-24-25-19)14-26(6)10-9-22-5/h13,15-16,18,22H,7-12,14H2,1-6H3,(H,23,27)(H,24,25)/t16?,18-/m1/s1. The quantitative estimate of drug-likeness (QED) is 0.619. The summed E-state index contributed by atoms with van der Waals surface area (Å²) in [4.78, 5) is 15.2. The summed E-state index contributed by atoms with van der Waals surface area (Å²) in [5.41, 5.74) is 2.53. The lowest BCUT2D eigenvalue weighted by molar-refractivity contribution is -0.130. The van der Waals surface area contributed by atoms with Gasteiger partial charge in [0.25, 0.3) is 0 Å². The van der Waals surface area contributed by atoms with Crippen LogP contribution in [0.25, 0.3) is 0 Å². The summed E-state index contributed by atoms with van der Waals surface area (Å²) in [6.45, 7) is 12.4. The van der Waals surface area contributed by atoms with Crippen molar-refractivity contribution in [2.24, 2.45) is 17.3 Å². The fourth-order valence-electron chi connectivity index (χ4n) is 4.07. The van der Waals surface area contributed by atoms with E-state index in [1.807, 2.05) is 13.2 Å². The van der Waals surface area contributed by atoms with Gasteiger partial charge in [-0.05, 0) is 44.7 Å². The molecule has 6 heteroatoms. The molecule has 0 bridgehead atoms. The Kier molecular flexibility index (Phi) is 7.86. The molecule has 1 aliphatic carbocycles. The van der Waals surface area contributed by atoms with Gasteiger partial charge >= 0.3 is 0 Å². The van der Waals surface area contributed by atoms with Crippen LogP contribution >= 0.6 is 0 Å². The van der Waals surface area contributed by atoms with Crippen molar-refractivity contribution in [1.29, 1.82) is 0 Å². The van der Waals surface area contributed by atoms with Crippen molar-refractivity contribution < 1.29 is 4.79 Å². The Morgan fingerprint density at radius 1 is 1.44 bits per heavy atom. The molecule has 0 spiro atoms. The first-order chi connectivity index (χ1) is 12.7. The van der Waals surface area contributed by atoms with Gasteiger partial charge in [-0.2, -0.15) is 5.10 Å². The van der Waals surface area contributed by atoms with Gasteiger partial charge in [0.05, 0.1) is 6.20 Å². The van der Waals surface area contributed by atoms with Crippen LogP contribution in [0.1, 0.15) is 64.1 Å². The second kappa shape index (κ2) is 9.69. The predicted octanol–water partition coefficient (Wildman–Crippen LogP) is 2.74. The van der Waals surface area contributed by atoms with Crippen LogP contribution < -0.4 is 10.6 Å². The summed E-state index contributed by atoms with van der Waals surface area (Å²) in [5.74, 6) is 1.12. The van der Waals surface area contributed by atoms with Crippen LogP contribution in [-0.4, -0.2) is 54.7 Å². The molecule has 1 aromatic rings. The lowest BCUT2D eigenvalue weighted by atomic mass is 9.64. The number of amides is 1. The third-order valence-corrected chi connectivity index (χ3v) is 5.95. The average Bonchev–Trinajstić information content (AvgIpc) is 3.05. The molecule has 0 aromatic carbocycles. The highest BCUT2D eigenvalue weighted by Gasteiger charge is 2.41. The number of hydrogen-bond acceptors (Lipinski definition) is 4. The third kappa shape index (κ3) is 6.04. The Bertz CT molecular complexity index is 595. The fourth-order valence-corrected chi connectivity index (χ4v) is 4.07. The summed E-state index contributed by atoms with van der Waals surface area (Å²) in [6.07, 6.45) is 5.02. The van der Waals surface area contributed by atoms with Crippen LogP contribution in [0.2, 0.25) is 0 Å². The Balaban J connectivity index is 2.07. The monoisotopic (exact) mass is 377 g/mol. The summed E-state index contributed by atoms with van der Waals surface area (Å²) in [7, 11) is 4.12. The highest BCUT2D eigenvalue weighted by molar-refractivity contribution is 5.79. The van der Waals surface area contributed by atoms with E-state index in [1.54, 1.807) is 0 Å². The Morgan fingerprint density at radius 2 is 2.19 bits per heavy atom. The molecule has 0 aliphatic heterocycles. The van der Waals surface area contributed by atoms with Crippen molar-refractivity contribution in [3.63, 3.8) is 0 Å². The van der Waals surface area contributed by atoms with Gasteiger partial charge in [0, 0.05) is 49.3 Å². The van der Waals surface area contributed by atoms with E-state index in [-0.39, 0.29) is 17.2 Å². The first kappa shape index (κ1) is 21.9. The molecule has 1 saturated carbocycles. The third-order valence-electron chi connectivity index (χ3n) is 5.95. The van der Waals surface area contributed by atoms with Crippen molar-refractivity contribution >= 4 is 5.91 Å². The summed E-state index contributed by atoms with van der Waals surface area (Å²) in [5, 5.41) is 13.9. The number of carbonyl (C=O) groups is 1. The van der Waals surface area contributed by atoms with Crippen LogP contribution in [0, 0.1) is 17.3 Å². The second-order valence-electron chi connectivity index (χ2n) is 9.30. The second-order valence-corrected chi connectivity index (χ2v) is 9.30. The number of nitrogens with zero attached hydrogens (tertiary/aromatic N) is 2. The zero-order valence-electron chi connectivity index (χ0n) is 18.1. The first-order valence-corrected chi connectivity index (χ1v) is 10.4. The van der Waals surface area contributed by atoms with E-state index in [9.17, 15) is 4.79 Å². The van der Waals surface area contributed by atoms with Gasteiger partial charge in [-0.1, -0.05) is 27.7 Å². The highest BCUT2D eigenvalue weighted by Crippen LogP contribution is 2.47. The summed E-state index contributed by atoms with van der Waals surface area (Å²) >= 11 is 0. The number of carbonyl (C=O) groups excluding carboxylic acids is 1. The lowest BCUT2D eigenvalue weighted by Gasteiger charge is -2.41. The van der Waals surface area contributed by atoms with E-state index in [2.05, 4.69) is 60.5 Å². The minimum absolute atomic E-state index is 0.0430. The van der Waals surface area contributed by atoms with Crippen LogP contribution in [0.5, 0.6) is 0 Å². The molecular weight excluding hydrogens is 338 g/mol. The molecule has 1 aliphatic rings. The number of aromatic amines is 1. The number of aromatic nitrogens is 2. The van der Waals surface area contributed by atoms with E-state index in [1.165, 1.54) is 11.3 Å². The molecule has 0 saturated heterocycles. The zero-order chi connectivity index (χ0) is 20.0. The molecule has 3 N–H and O–H groups in total. The van der Waals surface area contributed by atoms with Crippen LogP contribution in [0.3, 0.4) is 0 Å². The maximum absolute atomic E-state index is 12.9. The molecule has 1 fully saturated rings. The van der Waals surface area contributed by atoms with E-state index in [0.29, 0.717) is 11.8 Å². The van der Waals surface area contributed by atoms with E-state index in [4.69, 9.17) is 0 Å². The summed E-state index contributed by atoms with van der Waals surface area (Å²) in [6, 6.07) is 0. The van der Waals surface area contributed by atoms with Crippen LogP contribution in [0.4, 0.5) is 0 Å². The Labute approximate surface area is 164 Å². The predicted molar refractivity (Wildman–Crippen MR) is 111 cm³/mol. The summed E-state index contributed by atoms with van der Waals surface area (Å²) < 4.78 is 0. The van der Waals surface area contributed by atoms with Crippen LogP contribution in [0.15, 0.2) is 6.20 Å². The molecule has 1 heterocycles. The minimum atomic E-state index is 0.0430. The molecule has 2 atom stereocenters. The van der Waals surface area contributed by atoms with Crippen molar-refractivity contribution in [2.75, 3.05) is 33.7 Å². The molecule has 0 radical (unpaired) electrons. The molecule has 2 rings (SSSR count). The maximum Gasteiger partial charge on any atom is 0.223 e. The SMILES string of the molecule is CNCCN(C)Cc1cn[nH]c1C1CCC(C)(C)[C@@H](C(=O)NCC(C)C)C1. The topological polar surface area (TPSA) is 73.0 Å². The minimum Gasteiger partial charge on any atom is -0.356 e. The Morgan fingerprint density at radius 3 is 2.85 bits per heavy atom. The average molecular weight is 378 g/mol. The van der Waals surface area contributed by atoms with Crippen molar-refractivity contribution in [2.45, 2.75) is 59.4 Å². The number of H-pyrrole nitrogens is 1.